The van der Waals surface area contributed by atoms with Crippen molar-refractivity contribution in [3.05, 3.63) is 5.01 Å². The lowest BCUT2D eigenvalue weighted by molar-refractivity contribution is -0.116. The summed E-state index contributed by atoms with van der Waals surface area (Å²) in [5.74, 6) is 0.0333. The first kappa shape index (κ1) is 19.3. The van der Waals surface area contributed by atoms with E-state index in [4.69, 9.17) is 5.73 Å². The molecule has 0 aromatic carbocycles. The molecule has 3 N–H and O–H groups in total. The monoisotopic (exact) mass is 320 g/mol. The minimum Gasteiger partial charge on any atom is -0.330 e. The van der Waals surface area contributed by atoms with Gasteiger partial charge in [0.1, 0.15) is 5.01 Å². The molecular formula is C13H25ClN4OS. The minimum absolute atomic E-state index is 0. The SMILES string of the molecule is CCCCc1nnc(NC(=O)CCCCCCN)s1.Cl. The summed E-state index contributed by atoms with van der Waals surface area (Å²) < 4.78 is 0. The maximum atomic E-state index is 11.7. The topological polar surface area (TPSA) is 80.9 Å². The molecule has 0 bridgehead atoms. The Morgan fingerprint density at radius 3 is 2.65 bits per heavy atom. The highest BCUT2D eigenvalue weighted by molar-refractivity contribution is 7.15. The van der Waals surface area contributed by atoms with Gasteiger partial charge in [0.05, 0.1) is 0 Å². The van der Waals surface area contributed by atoms with Crippen LogP contribution in [-0.2, 0) is 11.2 Å². The van der Waals surface area contributed by atoms with Crippen LogP contribution >= 0.6 is 23.7 Å². The lowest BCUT2D eigenvalue weighted by Crippen LogP contribution is -2.10. The van der Waals surface area contributed by atoms with Crippen LogP contribution in [0.5, 0.6) is 0 Å². The van der Waals surface area contributed by atoms with E-state index in [2.05, 4.69) is 22.4 Å². The zero-order valence-electron chi connectivity index (χ0n) is 12.1. The number of nitrogens with two attached hydrogens (primary N) is 1. The number of hydrogen-bond acceptors (Lipinski definition) is 5. The predicted molar refractivity (Wildman–Crippen MR) is 86.5 cm³/mol. The Morgan fingerprint density at radius 2 is 1.95 bits per heavy atom. The number of hydrogen-bond donors (Lipinski definition) is 2. The summed E-state index contributed by atoms with van der Waals surface area (Å²) in [5, 5.41) is 12.5. The first-order valence-corrected chi connectivity index (χ1v) is 7.90. The van der Waals surface area contributed by atoms with E-state index < -0.39 is 0 Å². The smallest absolute Gasteiger partial charge is 0.226 e. The van der Waals surface area contributed by atoms with Crippen LogP contribution in [0.2, 0.25) is 0 Å². The number of nitrogens with zero attached hydrogens (tertiary/aromatic N) is 2. The molecule has 1 amide bonds. The average molecular weight is 321 g/mol. The molecule has 1 aromatic rings. The summed E-state index contributed by atoms with van der Waals surface area (Å²) in [6, 6.07) is 0. The maximum absolute atomic E-state index is 11.7. The zero-order valence-corrected chi connectivity index (χ0v) is 13.7. The van der Waals surface area contributed by atoms with Crippen molar-refractivity contribution in [3.63, 3.8) is 0 Å². The lowest BCUT2D eigenvalue weighted by Gasteiger charge is -2.01. The third-order valence-electron chi connectivity index (χ3n) is 2.82. The number of rotatable bonds is 10. The number of halogens is 1. The van der Waals surface area contributed by atoms with Crippen LogP contribution in [0, 0.1) is 0 Å². The van der Waals surface area contributed by atoms with Crippen molar-refractivity contribution in [1.29, 1.82) is 0 Å². The van der Waals surface area contributed by atoms with Crippen molar-refractivity contribution in [3.8, 4) is 0 Å². The molecule has 1 heterocycles. The van der Waals surface area contributed by atoms with Crippen molar-refractivity contribution < 1.29 is 4.79 Å². The van der Waals surface area contributed by atoms with Crippen LogP contribution in [0.4, 0.5) is 5.13 Å². The fourth-order valence-corrected chi connectivity index (χ4v) is 2.50. The van der Waals surface area contributed by atoms with Gasteiger partial charge in [0.25, 0.3) is 0 Å². The van der Waals surface area contributed by atoms with E-state index in [1.165, 1.54) is 11.3 Å². The zero-order chi connectivity index (χ0) is 13.9. The van der Waals surface area contributed by atoms with Gasteiger partial charge in [-0.15, -0.1) is 22.6 Å². The second kappa shape index (κ2) is 12.1. The van der Waals surface area contributed by atoms with E-state index in [-0.39, 0.29) is 18.3 Å². The average Bonchev–Trinajstić information content (AvgIpc) is 2.83. The second-order valence-electron chi connectivity index (χ2n) is 4.61. The molecular weight excluding hydrogens is 296 g/mol. The molecule has 0 spiro atoms. The Balaban J connectivity index is 0.00000361. The third kappa shape index (κ3) is 8.45. The summed E-state index contributed by atoms with van der Waals surface area (Å²) >= 11 is 1.48. The quantitative estimate of drug-likeness (QED) is 0.649. The Morgan fingerprint density at radius 1 is 1.20 bits per heavy atom. The van der Waals surface area contributed by atoms with E-state index in [0.29, 0.717) is 11.6 Å². The molecule has 0 aliphatic carbocycles. The first-order valence-electron chi connectivity index (χ1n) is 7.08. The predicted octanol–water partition coefficient (Wildman–Crippen LogP) is 3.15. The molecule has 0 fully saturated rings. The number of nitrogens with one attached hydrogen (secondary N) is 1. The van der Waals surface area contributed by atoms with E-state index in [9.17, 15) is 4.79 Å². The molecule has 0 saturated heterocycles. The molecule has 0 aliphatic heterocycles. The van der Waals surface area contributed by atoms with Crippen LogP contribution in [0.1, 0.15) is 56.9 Å². The molecule has 20 heavy (non-hydrogen) atoms. The molecule has 7 heteroatoms. The van der Waals surface area contributed by atoms with Crippen molar-refractivity contribution in [2.45, 2.75) is 58.3 Å². The van der Waals surface area contributed by atoms with Gasteiger partial charge < -0.3 is 11.1 Å². The molecule has 0 saturated carbocycles. The van der Waals surface area contributed by atoms with Gasteiger partial charge in [-0.25, -0.2) is 0 Å². The molecule has 1 rings (SSSR count). The summed E-state index contributed by atoms with van der Waals surface area (Å²) in [6.45, 7) is 2.88. The Hall–Kier alpha value is -0.720. The minimum atomic E-state index is 0. The van der Waals surface area contributed by atoms with Crippen molar-refractivity contribution >= 4 is 34.8 Å². The van der Waals surface area contributed by atoms with Crippen LogP contribution in [-0.4, -0.2) is 22.6 Å². The summed E-state index contributed by atoms with van der Waals surface area (Å²) in [5.41, 5.74) is 5.42. The van der Waals surface area contributed by atoms with Gasteiger partial charge in [0, 0.05) is 12.8 Å². The Kier molecular flexibility index (Phi) is 11.6. The number of aryl methyl sites for hydroxylation is 1. The van der Waals surface area contributed by atoms with E-state index in [0.717, 1.165) is 56.5 Å². The molecule has 5 nitrogen and oxygen atoms in total. The van der Waals surface area contributed by atoms with Crippen LogP contribution in [0.25, 0.3) is 0 Å². The van der Waals surface area contributed by atoms with Crippen molar-refractivity contribution in [2.75, 3.05) is 11.9 Å². The van der Waals surface area contributed by atoms with Gasteiger partial charge in [0.2, 0.25) is 11.0 Å². The second-order valence-corrected chi connectivity index (χ2v) is 5.67. The number of aromatic nitrogens is 2. The number of carbonyl (C=O) groups is 1. The number of carbonyl (C=O) groups excluding carboxylic acids is 1. The number of unbranched alkanes of at least 4 members (excludes halogenated alkanes) is 4. The fourth-order valence-electron chi connectivity index (χ4n) is 1.70. The molecule has 0 aliphatic rings. The highest BCUT2D eigenvalue weighted by Crippen LogP contribution is 2.17. The van der Waals surface area contributed by atoms with Gasteiger partial charge >= 0.3 is 0 Å². The Bertz CT molecular complexity index is 373. The first-order chi connectivity index (χ1) is 9.26. The number of anilines is 1. The Labute approximate surface area is 131 Å². The highest BCUT2D eigenvalue weighted by atomic mass is 35.5. The molecule has 0 unspecified atom stereocenters. The van der Waals surface area contributed by atoms with Crippen LogP contribution < -0.4 is 11.1 Å². The van der Waals surface area contributed by atoms with Gasteiger partial charge in [-0.05, 0) is 25.8 Å². The summed E-state index contributed by atoms with van der Waals surface area (Å²) in [7, 11) is 0. The standard InChI is InChI=1S/C13H24N4OS.ClH/c1-2-3-9-12-16-17-13(19-12)15-11(18)8-6-4-5-7-10-14;/h2-10,14H2,1H3,(H,15,17,18);1H. The maximum Gasteiger partial charge on any atom is 0.226 e. The summed E-state index contributed by atoms with van der Waals surface area (Å²) in [4.78, 5) is 11.7. The van der Waals surface area contributed by atoms with Crippen LogP contribution in [0.15, 0.2) is 0 Å². The fraction of sp³-hybridized carbons (Fsp3) is 0.769. The van der Waals surface area contributed by atoms with E-state index >= 15 is 0 Å². The van der Waals surface area contributed by atoms with Crippen molar-refractivity contribution in [1.82, 2.24) is 10.2 Å². The highest BCUT2D eigenvalue weighted by Gasteiger charge is 2.07. The normalized spacial score (nSPS) is 10.1. The van der Waals surface area contributed by atoms with Gasteiger partial charge in [0.15, 0.2) is 0 Å². The molecule has 0 atom stereocenters. The third-order valence-corrected chi connectivity index (χ3v) is 3.71. The molecule has 0 radical (unpaired) electrons. The van der Waals surface area contributed by atoms with Gasteiger partial charge in [-0.2, -0.15) is 0 Å². The van der Waals surface area contributed by atoms with E-state index in [1.54, 1.807) is 0 Å². The van der Waals surface area contributed by atoms with E-state index in [1.807, 2.05) is 0 Å². The van der Waals surface area contributed by atoms with Gasteiger partial charge in [-0.1, -0.05) is 37.5 Å². The van der Waals surface area contributed by atoms with Crippen LogP contribution in [0.3, 0.4) is 0 Å². The summed E-state index contributed by atoms with van der Waals surface area (Å²) in [6.07, 6.45) is 7.86. The van der Waals surface area contributed by atoms with Gasteiger partial charge in [-0.3, -0.25) is 4.79 Å². The van der Waals surface area contributed by atoms with Crippen molar-refractivity contribution in [2.24, 2.45) is 5.73 Å². The molecule has 116 valence electrons. The lowest BCUT2D eigenvalue weighted by atomic mass is 10.1. The largest absolute Gasteiger partial charge is 0.330 e. The molecule has 1 aromatic heterocycles. The number of amides is 1.